The number of rotatable bonds is 14. The quantitative estimate of drug-likeness (QED) is 0.380. The highest BCUT2D eigenvalue weighted by Gasteiger charge is 2.52. The van der Waals surface area contributed by atoms with E-state index in [2.05, 4.69) is 0 Å². The van der Waals surface area contributed by atoms with Gasteiger partial charge < -0.3 is 19.7 Å². The first-order valence-corrected chi connectivity index (χ1v) is 11.4. The molecule has 5 nitrogen and oxygen atoms in total. The average Bonchev–Trinajstić information content (AvgIpc) is 3.28. The molecule has 0 bridgehead atoms. The standard InChI is InChI=1S/C22H38F2O5/c1-2-3-13-21(23,24)19(25)11-10-17-12-14-22(28-15-16-29-22)18(17)8-6-4-5-7-9-20(26)27/h17-19,25H,2-16H2,1H3,(H,26,27)/t17-,18+,19+/m0/s1. The molecular formula is C22H38F2O5. The van der Waals surface area contributed by atoms with Crippen LogP contribution >= 0.6 is 0 Å². The monoisotopic (exact) mass is 420 g/mol. The van der Waals surface area contributed by atoms with E-state index in [1.807, 2.05) is 6.92 Å². The van der Waals surface area contributed by atoms with Crippen LogP contribution in [-0.4, -0.2) is 47.2 Å². The van der Waals surface area contributed by atoms with Crippen molar-refractivity contribution in [2.75, 3.05) is 13.2 Å². The average molecular weight is 421 g/mol. The normalized spacial score (nSPS) is 25.0. The zero-order chi connectivity index (χ0) is 21.3. The van der Waals surface area contributed by atoms with Crippen LogP contribution < -0.4 is 0 Å². The highest BCUT2D eigenvalue weighted by atomic mass is 19.3. The molecule has 0 aromatic carbocycles. The maximum atomic E-state index is 14.1. The Morgan fingerprint density at radius 3 is 2.48 bits per heavy atom. The molecule has 0 aromatic rings. The largest absolute Gasteiger partial charge is 0.481 e. The van der Waals surface area contributed by atoms with Gasteiger partial charge in [-0.3, -0.25) is 4.79 Å². The van der Waals surface area contributed by atoms with Gasteiger partial charge in [-0.2, -0.15) is 0 Å². The fourth-order valence-corrected chi connectivity index (χ4v) is 4.92. The van der Waals surface area contributed by atoms with E-state index in [-0.39, 0.29) is 31.1 Å². The van der Waals surface area contributed by atoms with E-state index in [0.717, 1.165) is 38.5 Å². The zero-order valence-corrected chi connectivity index (χ0v) is 17.7. The lowest BCUT2D eigenvalue weighted by Crippen LogP contribution is -2.38. The number of carbonyl (C=O) groups is 1. The summed E-state index contributed by atoms with van der Waals surface area (Å²) >= 11 is 0. The fourth-order valence-electron chi connectivity index (χ4n) is 4.92. The lowest BCUT2D eigenvalue weighted by molar-refractivity contribution is -0.188. The first-order valence-electron chi connectivity index (χ1n) is 11.4. The Balaban J connectivity index is 1.84. The van der Waals surface area contributed by atoms with Crippen LogP contribution in [0, 0.1) is 11.8 Å². The Labute approximate surface area is 173 Å². The van der Waals surface area contributed by atoms with E-state index in [0.29, 0.717) is 38.9 Å². The molecule has 2 fully saturated rings. The second-order valence-corrected chi connectivity index (χ2v) is 8.72. The molecule has 1 heterocycles. The third-order valence-corrected chi connectivity index (χ3v) is 6.59. The maximum Gasteiger partial charge on any atom is 0.303 e. The predicted octanol–water partition coefficient (Wildman–Crippen LogP) is 5.15. The number of aliphatic carboxylic acids is 1. The third kappa shape index (κ3) is 7.14. The molecule has 1 spiro atoms. The smallest absolute Gasteiger partial charge is 0.303 e. The number of halogens is 2. The number of carboxylic acid groups (broad SMARTS) is 1. The SMILES string of the molecule is CCCCC(F)(F)[C@H](O)CC[C@H]1CCC2(OCCO2)[C@@H]1CCCCCCC(=O)O. The fraction of sp³-hybridized carbons (Fsp3) is 0.955. The van der Waals surface area contributed by atoms with Crippen LogP contribution in [-0.2, 0) is 14.3 Å². The van der Waals surface area contributed by atoms with Crippen molar-refractivity contribution in [2.45, 2.75) is 108 Å². The molecule has 0 aromatic heterocycles. The van der Waals surface area contributed by atoms with Gasteiger partial charge in [-0.1, -0.05) is 32.6 Å². The molecule has 0 radical (unpaired) electrons. The summed E-state index contributed by atoms with van der Waals surface area (Å²) in [7, 11) is 0. The predicted molar refractivity (Wildman–Crippen MR) is 106 cm³/mol. The van der Waals surface area contributed by atoms with E-state index in [1.54, 1.807) is 0 Å². The van der Waals surface area contributed by atoms with Crippen LogP contribution in [0.25, 0.3) is 0 Å². The van der Waals surface area contributed by atoms with Gasteiger partial charge in [-0.15, -0.1) is 0 Å². The molecule has 170 valence electrons. The molecule has 1 saturated heterocycles. The zero-order valence-electron chi connectivity index (χ0n) is 17.7. The van der Waals surface area contributed by atoms with Gasteiger partial charge in [0.1, 0.15) is 6.10 Å². The summed E-state index contributed by atoms with van der Waals surface area (Å²) in [5, 5.41) is 18.8. The highest BCUT2D eigenvalue weighted by molar-refractivity contribution is 5.66. The number of aliphatic hydroxyl groups is 1. The lowest BCUT2D eigenvalue weighted by atomic mass is 9.83. The van der Waals surface area contributed by atoms with E-state index in [9.17, 15) is 18.7 Å². The number of unbranched alkanes of at least 4 members (excludes halogenated alkanes) is 4. The Bertz CT molecular complexity index is 494. The molecule has 0 amide bonds. The maximum absolute atomic E-state index is 14.1. The lowest BCUT2D eigenvalue weighted by Gasteiger charge is -2.33. The summed E-state index contributed by atoms with van der Waals surface area (Å²) in [6.07, 6.45) is 6.12. The van der Waals surface area contributed by atoms with E-state index in [4.69, 9.17) is 14.6 Å². The van der Waals surface area contributed by atoms with Crippen molar-refractivity contribution in [2.24, 2.45) is 11.8 Å². The van der Waals surface area contributed by atoms with E-state index < -0.39 is 23.8 Å². The van der Waals surface area contributed by atoms with Crippen molar-refractivity contribution >= 4 is 5.97 Å². The van der Waals surface area contributed by atoms with Crippen LogP contribution in [0.4, 0.5) is 8.78 Å². The number of hydrogen-bond acceptors (Lipinski definition) is 4. The molecule has 1 saturated carbocycles. The van der Waals surface area contributed by atoms with Crippen molar-refractivity contribution in [3.63, 3.8) is 0 Å². The summed E-state index contributed by atoms with van der Waals surface area (Å²) in [5.41, 5.74) is 0. The van der Waals surface area contributed by atoms with Crippen molar-refractivity contribution in [1.82, 2.24) is 0 Å². The molecule has 1 aliphatic heterocycles. The minimum Gasteiger partial charge on any atom is -0.481 e. The number of hydrogen-bond donors (Lipinski definition) is 2. The van der Waals surface area contributed by atoms with Crippen molar-refractivity contribution < 1.29 is 33.3 Å². The molecular weight excluding hydrogens is 382 g/mol. The number of alkyl halides is 2. The molecule has 29 heavy (non-hydrogen) atoms. The van der Waals surface area contributed by atoms with E-state index in [1.165, 1.54) is 0 Å². The first kappa shape index (κ1) is 24.5. The molecule has 1 aliphatic carbocycles. The van der Waals surface area contributed by atoms with Gasteiger partial charge in [-0.25, -0.2) is 8.78 Å². The van der Waals surface area contributed by atoms with Crippen LogP contribution in [0.2, 0.25) is 0 Å². The van der Waals surface area contributed by atoms with Crippen LogP contribution in [0.15, 0.2) is 0 Å². The number of ether oxygens (including phenoxy) is 2. The summed E-state index contributed by atoms with van der Waals surface area (Å²) < 4.78 is 40.2. The molecule has 3 atom stereocenters. The van der Waals surface area contributed by atoms with Crippen LogP contribution in [0.3, 0.4) is 0 Å². The highest BCUT2D eigenvalue weighted by Crippen LogP contribution is 2.50. The Morgan fingerprint density at radius 1 is 1.14 bits per heavy atom. The van der Waals surface area contributed by atoms with Gasteiger partial charge >= 0.3 is 5.97 Å². The van der Waals surface area contributed by atoms with Crippen molar-refractivity contribution in [3.05, 3.63) is 0 Å². The molecule has 0 unspecified atom stereocenters. The number of carboxylic acids is 1. The Morgan fingerprint density at radius 2 is 1.83 bits per heavy atom. The summed E-state index contributed by atoms with van der Waals surface area (Å²) in [4.78, 5) is 10.6. The van der Waals surface area contributed by atoms with Gasteiger partial charge in [0.05, 0.1) is 13.2 Å². The molecule has 7 heteroatoms. The second kappa shape index (κ2) is 11.6. The van der Waals surface area contributed by atoms with Crippen LogP contribution in [0.5, 0.6) is 0 Å². The first-order chi connectivity index (χ1) is 13.8. The number of aliphatic hydroxyl groups excluding tert-OH is 1. The molecule has 2 rings (SSSR count). The van der Waals surface area contributed by atoms with Crippen molar-refractivity contribution in [1.29, 1.82) is 0 Å². The summed E-state index contributed by atoms with van der Waals surface area (Å²) in [5.74, 6) is -4.00. The van der Waals surface area contributed by atoms with Gasteiger partial charge in [0, 0.05) is 25.2 Å². The summed E-state index contributed by atoms with van der Waals surface area (Å²) in [6, 6.07) is 0. The van der Waals surface area contributed by atoms with Gasteiger partial charge in [0.2, 0.25) is 0 Å². The van der Waals surface area contributed by atoms with Gasteiger partial charge in [0.15, 0.2) is 5.79 Å². The van der Waals surface area contributed by atoms with E-state index >= 15 is 0 Å². The topological polar surface area (TPSA) is 76.0 Å². The summed E-state index contributed by atoms with van der Waals surface area (Å²) in [6.45, 7) is 3.01. The van der Waals surface area contributed by atoms with Gasteiger partial charge in [0.25, 0.3) is 5.92 Å². The second-order valence-electron chi connectivity index (χ2n) is 8.72. The molecule has 2 N–H and O–H groups in total. The minimum absolute atomic E-state index is 0.104. The van der Waals surface area contributed by atoms with Gasteiger partial charge in [-0.05, 0) is 44.4 Å². The molecule has 2 aliphatic rings. The minimum atomic E-state index is -3.02. The third-order valence-electron chi connectivity index (χ3n) is 6.59. The van der Waals surface area contributed by atoms with Crippen molar-refractivity contribution in [3.8, 4) is 0 Å². The van der Waals surface area contributed by atoms with Crippen LogP contribution in [0.1, 0.15) is 90.4 Å². The Hall–Kier alpha value is -0.790. The Kier molecular flexibility index (Phi) is 9.76.